The van der Waals surface area contributed by atoms with E-state index in [1.165, 1.54) is 18.3 Å². The molecular formula is C18H29N3O4S2. The lowest BCUT2D eigenvalue weighted by molar-refractivity contribution is -0.119. The number of hydrogen-bond donors (Lipinski definition) is 1. The zero-order chi connectivity index (χ0) is 19.3. The molecule has 2 fully saturated rings. The zero-order valence-corrected chi connectivity index (χ0v) is 17.5. The van der Waals surface area contributed by atoms with Gasteiger partial charge in [-0.1, -0.05) is 0 Å². The Morgan fingerprint density at radius 2 is 1.93 bits per heavy atom. The average Bonchev–Trinajstić information content (AvgIpc) is 3.16. The van der Waals surface area contributed by atoms with Crippen molar-refractivity contribution in [3.8, 4) is 0 Å². The maximum absolute atomic E-state index is 12.9. The van der Waals surface area contributed by atoms with Crippen LogP contribution in [0.5, 0.6) is 0 Å². The first-order valence-electron chi connectivity index (χ1n) is 9.58. The summed E-state index contributed by atoms with van der Waals surface area (Å²) in [6, 6.07) is 3.43. The summed E-state index contributed by atoms with van der Waals surface area (Å²) in [5.74, 6) is 0.477. The summed E-state index contributed by atoms with van der Waals surface area (Å²) in [7, 11) is -3.43. The molecular weight excluding hydrogens is 386 g/mol. The van der Waals surface area contributed by atoms with Crippen molar-refractivity contribution >= 4 is 27.3 Å². The number of thiophene rings is 1. The third kappa shape index (κ3) is 5.74. The van der Waals surface area contributed by atoms with Crippen LogP contribution in [-0.2, 0) is 26.1 Å². The molecule has 2 aliphatic heterocycles. The normalized spacial score (nSPS) is 20.6. The number of carbonyl (C=O) groups excluding carboxylic acids is 1. The number of morpholine rings is 1. The number of ether oxygens (including phenoxy) is 1. The van der Waals surface area contributed by atoms with Crippen molar-refractivity contribution in [1.82, 2.24) is 14.5 Å². The molecule has 27 heavy (non-hydrogen) atoms. The predicted octanol–water partition coefficient (Wildman–Crippen LogP) is 1.51. The highest BCUT2D eigenvalue weighted by Crippen LogP contribution is 2.29. The summed E-state index contributed by atoms with van der Waals surface area (Å²) in [5.41, 5.74) is 0. The zero-order valence-electron chi connectivity index (χ0n) is 15.9. The van der Waals surface area contributed by atoms with Crippen LogP contribution in [0.2, 0.25) is 0 Å². The number of carbonyl (C=O) groups is 1. The van der Waals surface area contributed by atoms with Crippen LogP contribution in [0.1, 0.15) is 31.1 Å². The van der Waals surface area contributed by atoms with Gasteiger partial charge in [-0.15, -0.1) is 11.3 Å². The maximum atomic E-state index is 12.9. The second-order valence-corrected chi connectivity index (χ2v) is 10.6. The van der Waals surface area contributed by atoms with E-state index in [0.29, 0.717) is 29.8 Å². The second-order valence-electron chi connectivity index (χ2n) is 7.22. The topological polar surface area (TPSA) is 79.0 Å². The first-order chi connectivity index (χ1) is 12.9. The number of hydrogen-bond acceptors (Lipinski definition) is 6. The highest BCUT2D eigenvalue weighted by molar-refractivity contribution is 7.91. The fraction of sp³-hybridized carbons (Fsp3) is 0.722. The lowest BCUT2D eigenvalue weighted by Crippen LogP contribution is -2.40. The van der Waals surface area contributed by atoms with Gasteiger partial charge in [0.15, 0.2) is 0 Å². The van der Waals surface area contributed by atoms with Crippen LogP contribution in [0.15, 0.2) is 16.3 Å². The van der Waals surface area contributed by atoms with E-state index in [1.807, 2.05) is 0 Å². The number of nitrogens with zero attached hydrogens (tertiary/aromatic N) is 2. The Labute approximate surface area is 165 Å². The SMILES string of the molecule is CC(=O)NCc1ccc(S(=O)(=O)N2CCC(CCN3CCOCC3)CC2)s1. The van der Waals surface area contributed by atoms with Crippen LogP contribution in [0.25, 0.3) is 0 Å². The van der Waals surface area contributed by atoms with Crippen molar-refractivity contribution in [3.05, 3.63) is 17.0 Å². The Morgan fingerprint density at radius 3 is 2.59 bits per heavy atom. The highest BCUT2D eigenvalue weighted by Gasteiger charge is 2.30. The van der Waals surface area contributed by atoms with Gasteiger partial charge >= 0.3 is 0 Å². The molecule has 0 spiro atoms. The molecule has 0 aliphatic carbocycles. The van der Waals surface area contributed by atoms with Crippen molar-refractivity contribution < 1.29 is 17.9 Å². The molecule has 7 nitrogen and oxygen atoms in total. The van der Waals surface area contributed by atoms with Crippen molar-refractivity contribution in [1.29, 1.82) is 0 Å². The maximum Gasteiger partial charge on any atom is 0.252 e. The van der Waals surface area contributed by atoms with Gasteiger partial charge in [0.1, 0.15) is 4.21 Å². The van der Waals surface area contributed by atoms with E-state index >= 15 is 0 Å². The number of amides is 1. The van der Waals surface area contributed by atoms with Gasteiger partial charge in [0.2, 0.25) is 5.91 Å². The number of nitrogens with one attached hydrogen (secondary N) is 1. The van der Waals surface area contributed by atoms with Gasteiger partial charge in [-0.3, -0.25) is 9.69 Å². The molecule has 0 radical (unpaired) electrons. The van der Waals surface area contributed by atoms with Gasteiger partial charge in [0.25, 0.3) is 10.0 Å². The lowest BCUT2D eigenvalue weighted by atomic mass is 9.94. The largest absolute Gasteiger partial charge is 0.379 e. The van der Waals surface area contributed by atoms with Gasteiger partial charge in [-0.25, -0.2) is 8.42 Å². The molecule has 9 heteroatoms. The van der Waals surface area contributed by atoms with Crippen LogP contribution >= 0.6 is 11.3 Å². The van der Waals surface area contributed by atoms with E-state index in [-0.39, 0.29) is 5.91 Å². The molecule has 3 heterocycles. The minimum absolute atomic E-state index is 0.119. The summed E-state index contributed by atoms with van der Waals surface area (Å²) in [4.78, 5) is 14.3. The third-order valence-electron chi connectivity index (χ3n) is 5.27. The Balaban J connectivity index is 1.48. The van der Waals surface area contributed by atoms with Crippen LogP contribution in [-0.4, -0.2) is 69.5 Å². The molecule has 152 valence electrons. The standard InChI is InChI=1S/C18H29N3O4S2/c1-15(22)19-14-17-2-3-18(26-17)27(23,24)21-8-5-16(6-9-21)4-7-20-10-12-25-13-11-20/h2-3,16H,4-14H2,1H3,(H,19,22). The van der Waals surface area contributed by atoms with Gasteiger partial charge in [-0.2, -0.15) is 4.31 Å². The molecule has 1 N–H and O–H groups in total. The number of rotatable bonds is 7. The summed E-state index contributed by atoms with van der Waals surface area (Å²) in [5, 5.41) is 2.70. The Kier molecular flexibility index (Phi) is 7.27. The molecule has 0 unspecified atom stereocenters. The summed E-state index contributed by atoms with van der Waals surface area (Å²) < 4.78 is 33.1. The van der Waals surface area contributed by atoms with Gasteiger partial charge in [0.05, 0.1) is 19.8 Å². The van der Waals surface area contributed by atoms with Gasteiger partial charge in [0, 0.05) is 38.0 Å². The number of sulfonamides is 1. The first kappa shape index (κ1) is 20.7. The third-order valence-corrected chi connectivity index (χ3v) is 8.72. The molecule has 1 aromatic rings. The Bertz CT molecular complexity index is 721. The minimum Gasteiger partial charge on any atom is -0.379 e. The fourth-order valence-electron chi connectivity index (χ4n) is 3.56. The summed E-state index contributed by atoms with van der Waals surface area (Å²) >= 11 is 1.24. The Hall–Kier alpha value is -1.00. The van der Waals surface area contributed by atoms with Crippen LogP contribution in [0.3, 0.4) is 0 Å². The fourth-order valence-corrected chi connectivity index (χ4v) is 6.48. The van der Waals surface area contributed by atoms with Crippen molar-refractivity contribution in [3.63, 3.8) is 0 Å². The number of piperidine rings is 1. The monoisotopic (exact) mass is 415 g/mol. The average molecular weight is 416 g/mol. The molecule has 1 aromatic heterocycles. The van der Waals surface area contributed by atoms with Crippen LogP contribution in [0.4, 0.5) is 0 Å². The molecule has 0 bridgehead atoms. The van der Waals surface area contributed by atoms with Crippen LogP contribution < -0.4 is 5.32 Å². The molecule has 0 atom stereocenters. The molecule has 0 aromatic carbocycles. The molecule has 2 aliphatic rings. The molecule has 1 amide bonds. The van der Waals surface area contributed by atoms with E-state index in [4.69, 9.17) is 4.74 Å². The van der Waals surface area contributed by atoms with E-state index in [0.717, 1.165) is 57.0 Å². The highest BCUT2D eigenvalue weighted by atomic mass is 32.2. The minimum atomic E-state index is -3.43. The first-order valence-corrected chi connectivity index (χ1v) is 11.8. The van der Waals surface area contributed by atoms with Crippen molar-refractivity contribution in [2.45, 2.75) is 36.9 Å². The smallest absolute Gasteiger partial charge is 0.252 e. The second kappa shape index (κ2) is 9.47. The van der Waals surface area contributed by atoms with Crippen molar-refractivity contribution in [2.75, 3.05) is 45.9 Å². The van der Waals surface area contributed by atoms with E-state index < -0.39 is 10.0 Å². The van der Waals surface area contributed by atoms with Crippen molar-refractivity contribution in [2.24, 2.45) is 5.92 Å². The van der Waals surface area contributed by atoms with Gasteiger partial charge in [-0.05, 0) is 43.9 Å². The lowest BCUT2D eigenvalue weighted by Gasteiger charge is -2.33. The molecule has 2 saturated heterocycles. The van der Waals surface area contributed by atoms with Crippen LogP contribution in [0, 0.1) is 5.92 Å². The van der Waals surface area contributed by atoms with E-state index in [1.54, 1.807) is 16.4 Å². The van der Waals surface area contributed by atoms with E-state index in [2.05, 4.69) is 10.2 Å². The summed E-state index contributed by atoms with van der Waals surface area (Å²) in [6.07, 6.45) is 2.98. The predicted molar refractivity (Wildman–Crippen MR) is 105 cm³/mol. The molecule has 3 rings (SSSR count). The quantitative estimate of drug-likeness (QED) is 0.730. The Morgan fingerprint density at radius 1 is 1.22 bits per heavy atom. The van der Waals surface area contributed by atoms with E-state index in [9.17, 15) is 13.2 Å². The molecule has 0 saturated carbocycles. The summed E-state index contributed by atoms with van der Waals surface area (Å²) in [6.45, 7) is 7.75. The van der Waals surface area contributed by atoms with Gasteiger partial charge < -0.3 is 10.1 Å².